The first kappa shape index (κ1) is 17.9. The highest BCUT2D eigenvalue weighted by atomic mass is 17.2. The van der Waals surface area contributed by atoms with E-state index in [9.17, 15) is 0 Å². The molecule has 0 aromatic carbocycles. The number of hydrogen-bond acceptors (Lipinski definition) is 2. The zero-order valence-corrected chi connectivity index (χ0v) is 14.2. The number of rotatable bonds is 5. The molecule has 0 amide bonds. The van der Waals surface area contributed by atoms with Gasteiger partial charge >= 0.3 is 0 Å². The first-order valence-electron chi connectivity index (χ1n) is 6.95. The molecule has 0 spiro atoms. The maximum atomic E-state index is 5.46. The molecule has 0 fully saturated rings. The van der Waals surface area contributed by atoms with Crippen LogP contribution in [0.5, 0.6) is 0 Å². The van der Waals surface area contributed by atoms with Crippen molar-refractivity contribution in [3.63, 3.8) is 0 Å². The lowest BCUT2D eigenvalue weighted by Gasteiger charge is -2.40. The summed E-state index contributed by atoms with van der Waals surface area (Å²) in [5, 5.41) is 0. The summed E-state index contributed by atoms with van der Waals surface area (Å²) >= 11 is 0. The average Bonchev–Trinajstić information content (AvgIpc) is 2.08. The van der Waals surface area contributed by atoms with E-state index in [4.69, 9.17) is 9.78 Å². The van der Waals surface area contributed by atoms with Crippen LogP contribution in [0.4, 0.5) is 0 Å². The van der Waals surface area contributed by atoms with Crippen molar-refractivity contribution >= 4 is 0 Å². The van der Waals surface area contributed by atoms with Crippen molar-refractivity contribution in [2.75, 3.05) is 13.2 Å². The van der Waals surface area contributed by atoms with Crippen LogP contribution < -0.4 is 0 Å². The molecule has 0 bridgehead atoms. The summed E-state index contributed by atoms with van der Waals surface area (Å²) in [6.07, 6.45) is 0. The summed E-state index contributed by atoms with van der Waals surface area (Å²) in [5.74, 6) is 0. The summed E-state index contributed by atoms with van der Waals surface area (Å²) in [4.78, 5) is 10.9. The van der Waals surface area contributed by atoms with E-state index in [1.807, 2.05) is 0 Å². The molecule has 2 heteroatoms. The summed E-state index contributed by atoms with van der Waals surface area (Å²) in [6.45, 7) is 23.5. The molecule has 0 saturated carbocycles. The predicted molar refractivity (Wildman–Crippen MR) is 78.4 cm³/mol. The summed E-state index contributed by atoms with van der Waals surface area (Å²) in [7, 11) is 0. The third-order valence-electron chi connectivity index (χ3n) is 4.98. The van der Waals surface area contributed by atoms with Crippen molar-refractivity contribution in [3.8, 4) is 0 Å². The van der Waals surface area contributed by atoms with E-state index in [1.54, 1.807) is 0 Å². The molecule has 2 nitrogen and oxygen atoms in total. The molecule has 0 heterocycles. The Morgan fingerprint density at radius 2 is 0.722 bits per heavy atom. The summed E-state index contributed by atoms with van der Waals surface area (Å²) < 4.78 is 0. The fraction of sp³-hybridized carbons (Fsp3) is 1.00. The Morgan fingerprint density at radius 3 is 0.889 bits per heavy atom. The minimum absolute atomic E-state index is 0.0961. The van der Waals surface area contributed by atoms with Crippen LogP contribution in [-0.2, 0) is 9.78 Å². The van der Waals surface area contributed by atoms with E-state index in [0.717, 1.165) is 0 Å². The molecule has 0 rings (SSSR count). The Labute approximate surface area is 114 Å². The third-order valence-corrected chi connectivity index (χ3v) is 4.98. The molecule has 0 unspecified atom stereocenters. The van der Waals surface area contributed by atoms with Gasteiger partial charge in [0.1, 0.15) is 0 Å². The van der Waals surface area contributed by atoms with E-state index in [1.165, 1.54) is 0 Å². The molecule has 0 aromatic heterocycles. The third kappa shape index (κ3) is 4.89. The molecule has 110 valence electrons. The van der Waals surface area contributed by atoms with Crippen molar-refractivity contribution in [2.24, 2.45) is 21.7 Å². The highest BCUT2D eigenvalue weighted by Crippen LogP contribution is 2.39. The Morgan fingerprint density at radius 1 is 0.500 bits per heavy atom. The molecular weight excluding hydrogens is 224 g/mol. The van der Waals surface area contributed by atoms with Gasteiger partial charge in [-0.25, -0.2) is 9.78 Å². The van der Waals surface area contributed by atoms with Gasteiger partial charge in [0.2, 0.25) is 0 Å². The van der Waals surface area contributed by atoms with Crippen LogP contribution in [0.15, 0.2) is 0 Å². The molecule has 0 aliphatic rings. The Bertz CT molecular complexity index is 223. The monoisotopic (exact) mass is 258 g/mol. The van der Waals surface area contributed by atoms with Crippen molar-refractivity contribution in [2.45, 2.75) is 69.2 Å². The van der Waals surface area contributed by atoms with Crippen LogP contribution >= 0.6 is 0 Å². The predicted octanol–water partition coefficient (Wildman–Crippen LogP) is 5.08. The van der Waals surface area contributed by atoms with Gasteiger partial charge in [0, 0.05) is 0 Å². The molecule has 0 N–H and O–H groups in total. The quantitative estimate of drug-likeness (QED) is 0.389. The molecule has 0 radical (unpaired) electrons. The Kier molecular flexibility index (Phi) is 5.48. The van der Waals surface area contributed by atoms with Gasteiger partial charge in [0.25, 0.3) is 0 Å². The lowest BCUT2D eigenvalue weighted by atomic mass is 9.70. The minimum Gasteiger partial charge on any atom is -0.236 e. The molecule has 0 saturated heterocycles. The van der Waals surface area contributed by atoms with Gasteiger partial charge in [0.05, 0.1) is 13.2 Å². The van der Waals surface area contributed by atoms with Gasteiger partial charge < -0.3 is 0 Å². The van der Waals surface area contributed by atoms with Gasteiger partial charge in [-0.3, -0.25) is 0 Å². The van der Waals surface area contributed by atoms with Crippen LogP contribution in [-0.4, -0.2) is 13.2 Å². The lowest BCUT2D eigenvalue weighted by molar-refractivity contribution is -0.330. The van der Waals surface area contributed by atoms with E-state index >= 15 is 0 Å². The van der Waals surface area contributed by atoms with Crippen molar-refractivity contribution in [1.82, 2.24) is 0 Å². The van der Waals surface area contributed by atoms with Gasteiger partial charge in [0.15, 0.2) is 0 Å². The van der Waals surface area contributed by atoms with Crippen molar-refractivity contribution in [1.29, 1.82) is 0 Å². The van der Waals surface area contributed by atoms with Crippen LogP contribution in [0.25, 0.3) is 0 Å². The highest BCUT2D eigenvalue weighted by molar-refractivity contribution is 4.82. The molecule has 0 aliphatic heterocycles. The maximum absolute atomic E-state index is 5.46. The largest absolute Gasteiger partial charge is 0.236 e. The summed E-state index contributed by atoms with van der Waals surface area (Å²) in [5.41, 5.74) is 0.601. The molecule has 0 aromatic rings. The zero-order chi connectivity index (χ0) is 14.8. The van der Waals surface area contributed by atoms with Gasteiger partial charge in [-0.05, 0) is 21.7 Å². The first-order valence-corrected chi connectivity index (χ1v) is 6.95. The molecule has 18 heavy (non-hydrogen) atoms. The van der Waals surface area contributed by atoms with Gasteiger partial charge in [-0.1, -0.05) is 69.2 Å². The van der Waals surface area contributed by atoms with E-state index in [2.05, 4.69) is 69.2 Å². The van der Waals surface area contributed by atoms with Crippen LogP contribution in [0, 0.1) is 21.7 Å². The highest BCUT2D eigenvalue weighted by Gasteiger charge is 2.35. The second kappa shape index (κ2) is 5.50. The molecular formula is C16H34O2. The van der Waals surface area contributed by atoms with Crippen LogP contribution in [0.3, 0.4) is 0 Å². The van der Waals surface area contributed by atoms with Gasteiger partial charge in [-0.2, -0.15) is 0 Å². The fourth-order valence-corrected chi connectivity index (χ4v) is 0.811. The second-order valence-electron chi connectivity index (χ2n) is 8.79. The number of hydrogen-bond donors (Lipinski definition) is 0. The van der Waals surface area contributed by atoms with Crippen LogP contribution in [0.2, 0.25) is 0 Å². The van der Waals surface area contributed by atoms with E-state index < -0.39 is 0 Å². The van der Waals surface area contributed by atoms with Crippen molar-refractivity contribution < 1.29 is 9.78 Å². The Hall–Kier alpha value is -0.0800. The SMILES string of the molecule is CC(C)(C)C(C)(C)COOCC(C)(C)C(C)(C)C. The smallest absolute Gasteiger partial charge is 0.0878 e. The normalized spacial score (nSPS) is 15.0. The van der Waals surface area contributed by atoms with Gasteiger partial charge in [-0.15, -0.1) is 0 Å². The molecule has 0 atom stereocenters. The standard InChI is InChI=1S/C16H34O2/c1-13(2,3)15(7,8)11-17-18-12-16(9,10)14(4,5)6/h11-12H2,1-10H3. The Balaban J connectivity index is 4.17. The maximum Gasteiger partial charge on any atom is 0.0878 e. The average molecular weight is 258 g/mol. The lowest BCUT2D eigenvalue weighted by Crippen LogP contribution is -2.37. The zero-order valence-electron chi connectivity index (χ0n) is 14.2. The minimum atomic E-state index is 0.0961. The topological polar surface area (TPSA) is 18.5 Å². The summed E-state index contributed by atoms with van der Waals surface area (Å²) in [6, 6.07) is 0. The first-order chi connectivity index (χ1) is 7.71. The molecule has 0 aliphatic carbocycles. The van der Waals surface area contributed by atoms with Crippen molar-refractivity contribution in [3.05, 3.63) is 0 Å². The second-order valence-corrected chi connectivity index (χ2v) is 8.79. The fourth-order valence-electron chi connectivity index (χ4n) is 0.811. The van der Waals surface area contributed by atoms with Crippen LogP contribution in [0.1, 0.15) is 69.2 Å². The van der Waals surface area contributed by atoms with E-state index in [0.29, 0.717) is 13.2 Å². The van der Waals surface area contributed by atoms with E-state index in [-0.39, 0.29) is 21.7 Å².